The van der Waals surface area contributed by atoms with Gasteiger partial charge in [0.2, 0.25) is 0 Å². The normalized spacial score (nSPS) is 11.7. The summed E-state index contributed by atoms with van der Waals surface area (Å²) in [4.78, 5) is 11.9. The van der Waals surface area contributed by atoms with Gasteiger partial charge in [-0.15, -0.1) is 0 Å². The van der Waals surface area contributed by atoms with Gasteiger partial charge in [0.1, 0.15) is 5.75 Å². The summed E-state index contributed by atoms with van der Waals surface area (Å²) in [5.74, 6) is 0.418. The van der Waals surface area contributed by atoms with E-state index in [1.54, 1.807) is 31.2 Å². The average Bonchev–Trinajstić information content (AvgIpc) is 2.42. The Morgan fingerprint density at radius 2 is 1.74 bits per heavy atom. The predicted octanol–water partition coefficient (Wildman–Crippen LogP) is 3.75. The summed E-state index contributed by atoms with van der Waals surface area (Å²) in [6.07, 6.45) is -0.582. The van der Waals surface area contributed by atoms with Crippen LogP contribution in [-0.4, -0.2) is 12.0 Å². The lowest BCUT2D eigenvalue weighted by Gasteiger charge is -2.14. The second-order valence-corrected chi connectivity index (χ2v) is 4.51. The molecule has 0 aliphatic heterocycles. The summed E-state index contributed by atoms with van der Waals surface area (Å²) in [5.41, 5.74) is 0.749. The highest BCUT2D eigenvalue weighted by molar-refractivity contribution is 6.30. The standard InChI is InChI=1S/C15H14ClNO2/c1-11(19-14-9-7-12(16)8-10-14)15(18)17-13-5-3-2-4-6-13/h2-11H,1H3,(H,17,18). The summed E-state index contributed by atoms with van der Waals surface area (Å²) in [6.45, 7) is 1.70. The topological polar surface area (TPSA) is 38.3 Å². The number of ether oxygens (including phenoxy) is 1. The van der Waals surface area contributed by atoms with Crippen LogP contribution in [0.1, 0.15) is 6.92 Å². The van der Waals surface area contributed by atoms with Crippen LogP contribution in [0.5, 0.6) is 5.75 Å². The average molecular weight is 276 g/mol. The Bertz CT molecular complexity index is 540. The molecule has 4 heteroatoms. The summed E-state index contributed by atoms with van der Waals surface area (Å²) < 4.78 is 5.53. The van der Waals surface area contributed by atoms with Crippen molar-refractivity contribution in [1.29, 1.82) is 0 Å². The second-order valence-electron chi connectivity index (χ2n) is 4.07. The van der Waals surface area contributed by atoms with E-state index >= 15 is 0 Å². The Balaban J connectivity index is 1.94. The van der Waals surface area contributed by atoms with Gasteiger partial charge in [-0.2, -0.15) is 0 Å². The van der Waals surface area contributed by atoms with Crippen molar-refractivity contribution in [2.75, 3.05) is 5.32 Å². The molecule has 2 aromatic carbocycles. The monoisotopic (exact) mass is 275 g/mol. The fourth-order valence-corrected chi connectivity index (χ4v) is 1.66. The van der Waals surface area contributed by atoms with Crippen molar-refractivity contribution in [3.05, 3.63) is 59.6 Å². The molecule has 0 heterocycles. The Labute approximate surface area is 117 Å². The van der Waals surface area contributed by atoms with Gasteiger partial charge in [-0.1, -0.05) is 29.8 Å². The molecular formula is C15H14ClNO2. The van der Waals surface area contributed by atoms with E-state index in [2.05, 4.69) is 5.32 Å². The fraction of sp³-hybridized carbons (Fsp3) is 0.133. The van der Waals surface area contributed by atoms with Crippen LogP contribution in [0.3, 0.4) is 0 Å². The molecular weight excluding hydrogens is 262 g/mol. The summed E-state index contributed by atoms with van der Waals surface area (Å²) in [7, 11) is 0. The van der Waals surface area contributed by atoms with Crippen LogP contribution in [0.4, 0.5) is 5.69 Å². The highest BCUT2D eigenvalue weighted by Crippen LogP contribution is 2.17. The lowest BCUT2D eigenvalue weighted by Crippen LogP contribution is -2.30. The molecule has 0 aromatic heterocycles. The van der Waals surface area contributed by atoms with Crippen LogP contribution >= 0.6 is 11.6 Å². The van der Waals surface area contributed by atoms with Gasteiger partial charge in [0.25, 0.3) is 5.91 Å². The zero-order chi connectivity index (χ0) is 13.7. The van der Waals surface area contributed by atoms with Gasteiger partial charge in [-0.25, -0.2) is 0 Å². The molecule has 3 nitrogen and oxygen atoms in total. The highest BCUT2D eigenvalue weighted by atomic mass is 35.5. The van der Waals surface area contributed by atoms with Crippen molar-refractivity contribution in [1.82, 2.24) is 0 Å². The van der Waals surface area contributed by atoms with Gasteiger partial charge in [-0.05, 0) is 43.3 Å². The third-order valence-corrected chi connectivity index (χ3v) is 2.79. The Kier molecular flexibility index (Phi) is 4.42. The van der Waals surface area contributed by atoms with Crippen molar-refractivity contribution in [3.63, 3.8) is 0 Å². The number of amides is 1. The third kappa shape index (κ3) is 4.00. The lowest BCUT2D eigenvalue weighted by atomic mass is 10.3. The molecule has 0 spiro atoms. The molecule has 1 unspecified atom stereocenters. The number of halogens is 1. The maximum absolute atomic E-state index is 11.9. The predicted molar refractivity (Wildman–Crippen MR) is 76.6 cm³/mol. The summed E-state index contributed by atoms with van der Waals surface area (Å²) in [5, 5.41) is 3.42. The van der Waals surface area contributed by atoms with Crippen molar-refractivity contribution in [2.45, 2.75) is 13.0 Å². The van der Waals surface area contributed by atoms with E-state index in [-0.39, 0.29) is 5.91 Å². The number of carbonyl (C=O) groups excluding carboxylic acids is 1. The molecule has 0 aliphatic carbocycles. The molecule has 19 heavy (non-hydrogen) atoms. The minimum atomic E-state index is -0.582. The molecule has 2 rings (SSSR count). The SMILES string of the molecule is CC(Oc1ccc(Cl)cc1)C(=O)Nc1ccccc1. The zero-order valence-electron chi connectivity index (χ0n) is 10.5. The fourth-order valence-electron chi connectivity index (χ4n) is 1.54. The summed E-state index contributed by atoms with van der Waals surface area (Å²) >= 11 is 5.78. The van der Waals surface area contributed by atoms with Crippen molar-refractivity contribution in [2.24, 2.45) is 0 Å². The first kappa shape index (κ1) is 13.4. The van der Waals surface area contributed by atoms with Gasteiger partial charge < -0.3 is 10.1 Å². The Morgan fingerprint density at radius 3 is 2.37 bits per heavy atom. The molecule has 1 atom stereocenters. The minimum absolute atomic E-state index is 0.193. The molecule has 98 valence electrons. The van der Waals surface area contributed by atoms with Gasteiger partial charge in [-0.3, -0.25) is 4.79 Å². The molecule has 0 bridgehead atoms. The third-order valence-electron chi connectivity index (χ3n) is 2.54. The smallest absolute Gasteiger partial charge is 0.265 e. The second kappa shape index (κ2) is 6.25. The van der Waals surface area contributed by atoms with Gasteiger partial charge in [0.15, 0.2) is 6.10 Å². The lowest BCUT2D eigenvalue weighted by molar-refractivity contribution is -0.122. The molecule has 1 amide bonds. The van der Waals surface area contributed by atoms with Crippen LogP contribution < -0.4 is 10.1 Å². The Morgan fingerprint density at radius 1 is 1.11 bits per heavy atom. The van der Waals surface area contributed by atoms with Crippen molar-refractivity contribution in [3.8, 4) is 5.75 Å². The number of para-hydroxylation sites is 1. The van der Waals surface area contributed by atoms with Gasteiger partial charge in [0, 0.05) is 10.7 Å². The minimum Gasteiger partial charge on any atom is -0.481 e. The van der Waals surface area contributed by atoms with Crippen molar-refractivity contribution < 1.29 is 9.53 Å². The quantitative estimate of drug-likeness (QED) is 0.923. The number of hydrogen-bond donors (Lipinski definition) is 1. The first-order valence-corrected chi connectivity index (χ1v) is 6.31. The number of carbonyl (C=O) groups is 1. The molecule has 0 radical (unpaired) electrons. The van der Waals surface area contributed by atoms with E-state index in [4.69, 9.17) is 16.3 Å². The molecule has 0 saturated carbocycles. The number of anilines is 1. The Hall–Kier alpha value is -2.00. The van der Waals surface area contributed by atoms with E-state index in [1.807, 2.05) is 30.3 Å². The van der Waals surface area contributed by atoms with E-state index in [0.29, 0.717) is 10.8 Å². The van der Waals surface area contributed by atoms with Crippen LogP contribution in [0, 0.1) is 0 Å². The summed E-state index contributed by atoms with van der Waals surface area (Å²) in [6, 6.07) is 16.2. The van der Waals surface area contributed by atoms with E-state index in [0.717, 1.165) is 5.69 Å². The van der Waals surface area contributed by atoms with Gasteiger partial charge >= 0.3 is 0 Å². The number of benzene rings is 2. The van der Waals surface area contributed by atoms with Gasteiger partial charge in [0.05, 0.1) is 0 Å². The van der Waals surface area contributed by atoms with Crippen molar-refractivity contribution >= 4 is 23.2 Å². The van der Waals surface area contributed by atoms with Crippen LogP contribution in [-0.2, 0) is 4.79 Å². The first-order chi connectivity index (χ1) is 9.15. The van der Waals surface area contributed by atoms with E-state index in [1.165, 1.54) is 0 Å². The first-order valence-electron chi connectivity index (χ1n) is 5.93. The number of rotatable bonds is 4. The maximum atomic E-state index is 11.9. The molecule has 0 aliphatic rings. The molecule has 0 fully saturated rings. The van der Waals surface area contributed by atoms with Crippen LogP contribution in [0.25, 0.3) is 0 Å². The van der Waals surface area contributed by atoms with Crippen LogP contribution in [0.2, 0.25) is 5.02 Å². The maximum Gasteiger partial charge on any atom is 0.265 e. The number of hydrogen-bond acceptors (Lipinski definition) is 2. The van der Waals surface area contributed by atoms with E-state index < -0.39 is 6.10 Å². The molecule has 0 saturated heterocycles. The van der Waals surface area contributed by atoms with Crippen LogP contribution in [0.15, 0.2) is 54.6 Å². The zero-order valence-corrected chi connectivity index (χ0v) is 11.2. The molecule has 2 aromatic rings. The largest absolute Gasteiger partial charge is 0.481 e. The molecule has 1 N–H and O–H groups in total. The highest BCUT2D eigenvalue weighted by Gasteiger charge is 2.14. The number of nitrogens with one attached hydrogen (secondary N) is 1. The van der Waals surface area contributed by atoms with E-state index in [9.17, 15) is 4.79 Å².